The minimum Gasteiger partial charge on any atom is -0.370 e. The highest BCUT2D eigenvalue weighted by Crippen LogP contribution is 2.34. The zero-order valence-electron chi connectivity index (χ0n) is 11.5. The van der Waals surface area contributed by atoms with Crippen LogP contribution in [0.1, 0.15) is 6.92 Å². The average molecular weight is 284 g/mol. The predicted octanol–water partition coefficient (Wildman–Crippen LogP) is 1.81. The van der Waals surface area contributed by atoms with E-state index in [4.69, 9.17) is 0 Å². The topological polar surface area (TPSA) is 72.8 Å². The Bertz CT molecular complexity index is 715. The van der Waals surface area contributed by atoms with Crippen molar-refractivity contribution in [2.45, 2.75) is 19.4 Å². The molecule has 1 aliphatic rings. The van der Waals surface area contributed by atoms with Gasteiger partial charge in [0.15, 0.2) is 0 Å². The Morgan fingerprint density at radius 3 is 2.33 bits per heavy atom. The summed E-state index contributed by atoms with van der Waals surface area (Å²) >= 11 is 0. The lowest BCUT2D eigenvalue weighted by Gasteiger charge is -2.28. The van der Waals surface area contributed by atoms with E-state index in [1.807, 2.05) is 36.4 Å². The Morgan fingerprint density at radius 1 is 1.05 bits per heavy atom. The zero-order valence-corrected chi connectivity index (χ0v) is 11.5. The van der Waals surface area contributed by atoms with Crippen LogP contribution < -0.4 is 10.2 Å². The van der Waals surface area contributed by atoms with Gasteiger partial charge >= 0.3 is 0 Å². The maximum absolute atomic E-state index is 11.3. The van der Waals surface area contributed by atoms with Gasteiger partial charge in [-0.3, -0.25) is 4.79 Å². The van der Waals surface area contributed by atoms with Crippen LogP contribution >= 0.6 is 0 Å². The fourth-order valence-corrected chi connectivity index (χ4v) is 2.64. The largest absolute Gasteiger partial charge is 0.370 e. The monoisotopic (exact) mass is 284 g/mol. The number of nitrogens with one attached hydrogen (secondary N) is 1. The molecule has 5 nitrogen and oxygen atoms in total. The van der Waals surface area contributed by atoms with Gasteiger partial charge in [-0.1, -0.05) is 24.3 Å². The number of hydrogen-bond acceptors (Lipinski definition) is 4. The van der Waals surface area contributed by atoms with E-state index < -0.39 is 12.5 Å². The number of aliphatic hydroxyl groups excluding tert-OH is 2. The van der Waals surface area contributed by atoms with E-state index in [1.54, 1.807) is 12.2 Å². The van der Waals surface area contributed by atoms with Crippen LogP contribution in [0, 0.1) is 0 Å². The Morgan fingerprint density at radius 2 is 1.67 bits per heavy atom. The minimum absolute atomic E-state index is 0.143. The van der Waals surface area contributed by atoms with Gasteiger partial charge in [-0.05, 0) is 24.3 Å². The second-order valence-electron chi connectivity index (χ2n) is 4.98. The predicted molar refractivity (Wildman–Crippen MR) is 81.9 cm³/mol. The molecule has 3 rings (SSSR count). The number of amides is 1. The lowest BCUT2D eigenvalue weighted by Crippen LogP contribution is -2.36. The second-order valence-corrected chi connectivity index (χ2v) is 4.98. The fourth-order valence-electron chi connectivity index (χ4n) is 2.64. The summed E-state index contributed by atoms with van der Waals surface area (Å²) in [6.45, 7) is 1.46. The van der Waals surface area contributed by atoms with Crippen molar-refractivity contribution < 1.29 is 15.0 Å². The van der Waals surface area contributed by atoms with Gasteiger partial charge in [-0.25, -0.2) is 0 Å². The molecule has 2 unspecified atom stereocenters. The molecule has 108 valence electrons. The number of aliphatic hydroxyl groups is 2. The van der Waals surface area contributed by atoms with Gasteiger partial charge in [0.2, 0.25) is 5.91 Å². The molecular formula is C16H16N2O3. The molecule has 0 bridgehead atoms. The molecule has 2 atom stereocenters. The molecule has 0 aliphatic carbocycles. The summed E-state index contributed by atoms with van der Waals surface area (Å²) in [5.74, 6) is -0.143. The molecule has 0 fully saturated rings. The van der Waals surface area contributed by atoms with Crippen molar-refractivity contribution in [2.75, 3.05) is 10.2 Å². The van der Waals surface area contributed by atoms with E-state index in [1.165, 1.54) is 11.8 Å². The Balaban J connectivity index is 2.15. The summed E-state index contributed by atoms with van der Waals surface area (Å²) in [6, 6.07) is 11.1. The van der Waals surface area contributed by atoms with Crippen molar-refractivity contribution in [3.8, 4) is 0 Å². The van der Waals surface area contributed by atoms with Crippen LogP contribution in [0.3, 0.4) is 0 Å². The van der Waals surface area contributed by atoms with Gasteiger partial charge in [0.25, 0.3) is 0 Å². The molecule has 0 saturated carbocycles. The fraction of sp³-hybridized carbons (Fsp3) is 0.188. The van der Waals surface area contributed by atoms with E-state index in [2.05, 4.69) is 5.32 Å². The highest BCUT2D eigenvalue weighted by atomic mass is 16.3. The minimum atomic E-state index is -0.866. The molecule has 0 aromatic heterocycles. The quantitative estimate of drug-likeness (QED) is 0.735. The summed E-state index contributed by atoms with van der Waals surface area (Å²) in [5.41, 5.74) is 1.42. The van der Waals surface area contributed by atoms with Crippen LogP contribution in [-0.2, 0) is 4.79 Å². The Hall–Kier alpha value is -2.37. The zero-order chi connectivity index (χ0) is 15.0. The first kappa shape index (κ1) is 13.6. The maximum Gasteiger partial charge on any atom is 0.221 e. The van der Waals surface area contributed by atoms with E-state index in [-0.39, 0.29) is 5.91 Å². The van der Waals surface area contributed by atoms with Crippen LogP contribution in [0.5, 0.6) is 0 Å². The van der Waals surface area contributed by atoms with Gasteiger partial charge in [0, 0.05) is 29.1 Å². The molecular weight excluding hydrogens is 268 g/mol. The molecule has 2 aromatic rings. The summed E-state index contributed by atoms with van der Waals surface area (Å²) < 4.78 is 0. The average Bonchev–Trinajstić information content (AvgIpc) is 2.77. The van der Waals surface area contributed by atoms with Gasteiger partial charge in [0.1, 0.15) is 12.5 Å². The van der Waals surface area contributed by atoms with Gasteiger partial charge in [-0.15, -0.1) is 0 Å². The summed E-state index contributed by atoms with van der Waals surface area (Å²) in [5, 5.41) is 24.5. The first-order valence-electron chi connectivity index (χ1n) is 6.70. The SMILES string of the molecule is CC(=O)Nc1cccc2c(N3C(O)C=CC3O)cccc12. The summed E-state index contributed by atoms with van der Waals surface area (Å²) in [4.78, 5) is 12.8. The third kappa shape index (κ3) is 2.37. The third-order valence-electron chi connectivity index (χ3n) is 3.51. The molecule has 0 saturated heterocycles. The van der Waals surface area contributed by atoms with Crippen LogP contribution in [0.2, 0.25) is 0 Å². The Labute approximate surface area is 122 Å². The van der Waals surface area contributed by atoms with Crippen LogP contribution in [0.4, 0.5) is 11.4 Å². The molecule has 21 heavy (non-hydrogen) atoms. The molecule has 1 amide bonds. The number of nitrogens with zero attached hydrogens (tertiary/aromatic N) is 1. The number of anilines is 2. The van der Waals surface area contributed by atoms with E-state index in [0.29, 0.717) is 11.4 Å². The summed E-state index contributed by atoms with van der Waals surface area (Å²) in [7, 11) is 0. The second kappa shape index (κ2) is 5.20. The van der Waals surface area contributed by atoms with Gasteiger partial charge in [0.05, 0.1) is 0 Å². The number of carbonyl (C=O) groups excluding carboxylic acids is 1. The maximum atomic E-state index is 11.3. The molecule has 1 aliphatic heterocycles. The molecule has 5 heteroatoms. The van der Waals surface area contributed by atoms with Crippen molar-refractivity contribution in [2.24, 2.45) is 0 Å². The molecule has 0 spiro atoms. The smallest absolute Gasteiger partial charge is 0.221 e. The number of hydrogen-bond donors (Lipinski definition) is 3. The lowest BCUT2D eigenvalue weighted by molar-refractivity contribution is -0.114. The third-order valence-corrected chi connectivity index (χ3v) is 3.51. The highest BCUT2D eigenvalue weighted by molar-refractivity contribution is 6.06. The van der Waals surface area contributed by atoms with Crippen molar-refractivity contribution in [1.29, 1.82) is 0 Å². The van der Waals surface area contributed by atoms with Crippen molar-refractivity contribution in [3.63, 3.8) is 0 Å². The van der Waals surface area contributed by atoms with Crippen LogP contribution in [0.15, 0.2) is 48.6 Å². The standard InChI is InChI=1S/C16H16N2O3/c1-10(19)17-13-6-2-5-12-11(13)4-3-7-14(12)18-15(20)8-9-16(18)21/h2-9,15-16,20-21H,1H3,(H,17,19). The van der Waals surface area contributed by atoms with E-state index in [0.717, 1.165) is 10.8 Å². The van der Waals surface area contributed by atoms with Crippen molar-refractivity contribution in [1.82, 2.24) is 0 Å². The van der Waals surface area contributed by atoms with Crippen molar-refractivity contribution in [3.05, 3.63) is 48.6 Å². The summed E-state index contributed by atoms with van der Waals surface area (Å²) in [6.07, 6.45) is 1.35. The first-order chi connectivity index (χ1) is 10.1. The van der Waals surface area contributed by atoms with Gasteiger partial charge in [-0.2, -0.15) is 0 Å². The first-order valence-corrected chi connectivity index (χ1v) is 6.70. The van der Waals surface area contributed by atoms with Gasteiger partial charge < -0.3 is 20.4 Å². The number of carbonyl (C=O) groups is 1. The number of fused-ring (bicyclic) bond motifs is 1. The van der Waals surface area contributed by atoms with E-state index in [9.17, 15) is 15.0 Å². The molecule has 0 radical (unpaired) electrons. The highest BCUT2D eigenvalue weighted by Gasteiger charge is 2.26. The van der Waals surface area contributed by atoms with Crippen LogP contribution in [-0.4, -0.2) is 28.6 Å². The molecule has 2 aromatic carbocycles. The number of rotatable bonds is 2. The molecule has 3 N–H and O–H groups in total. The van der Waals surface area contributed by atoms with Crippen LogP contribution in [0.25, 0.3) is 10.8 Å². The normalized spacial score (nSPS) is 21.0. The Kier molecular flexibility index (Phi) is 3.37. The lowest BCUT2D eigenvalue weighted by atomic mass is 10.1. The van der Waals surface area contributed by atoms with Crippen molar-refractivity contribution >= 4 is 28.1 Å². The number of benzene rings is 2. The van der Waals surface area contributed by atoms with E-state index >= 15 is 0 Å². The molecule has 1 heterocycles.